The van der Waals surface area contributed by atoms with E-state index in [-0.39, 0.29) is 24.3 Å². The predicted molar refractivity (Wildman–Crippen MR) is 138 cm³/mol. The molecule has 0 spiro atoms. The molecule has 0 aromatic heterocycles. The highest BCUT2D eigenvalue weighted by molar-refractivity contribution is 6.05. The van der Waals surface area contributed by atoms with Crippen molar-refractivity contribution in [3.63, 3.8) is 0 Å². The molecule has 6 nitrogen and oxygen atoms in total. The third-order valence-electron chi connectivity index (χ3n) is 5.47. The van der Waals surface area contributed by atoms with Crippen molar-refractivity contribution in [3.8, 4) is 11.1 Å². The van der Waals surface area contributed by atoms with E-state index in [1.54, 1.807) is 48.5 Å². The van der Waals surface area contributed by atoms with Crippen molar-refractivity contribution in [2.75, 3.05) is 17.2 Å². The number of nitrogens with one attached hydrogen (secondary N) is 3. The van der Waals surface area contributed by atoms with Crippen molar-refractivity contribution in [2.45, 2.75) is 6.92 Å². The third-order valence-corrected chi connectivity index (χ3v) is 5.47. The van der Waals surface area contributed by atoms with Crippen LogP contribution in [-0.4, -0.2) is 24.3 Å². The molecule has 0 bridgehead atoms. The standard InChI is InChI=1S/C29H25N3O3/c1-20-12-17-25(31-29(35)23-10-6-3-7-11-23)18-26(20)32-27(33)19-30-28(34)24-15-13-22(14-16-24)21-8-4-2-5-9-21/h2-18H,19H2,1H3,(H,30,34)(H,31,35)(H,32,33). The maximum absolute atomic E-state index is 12.5. The van der Waals surface area contributed by atoms with Gasteiger partial charge in [0.1, 0.15) is 0 Å². The van der Waals surface area contributed by atoms with Crippen LogP contribution in [0.25, 0.3) is 11.1 Å². The van der Waals surface area contributed by atoms with Gasteiger partial charge in [-0.1, -0.05) is 66.7 Å². The first-order chi connectivity index (χ1) is 17.0. The number of benzene rings is 4. The summed E-state index contributed by atoms with van der Waals surface area (Å²) in [5, 5.41) is 8.27. The van der Waals surface area contributed by atoms with E-state index in [2.05, 4.69) is 16.0 Å². The highest BCUT2D eigenvalue weighted by Gasteiger charge is 2.11. The quantitative estimate of drug-likeness (QED) is 0.348. The molecule has 35 heavy (non-hydrogen) atoms. The van der Waals surface area contributed by atoms with Gasteiger partial charge in [0.25, 0.3) is 11.8 Å². The lowest BCUT2D eigenvalue weighted by Crippen LogP contribution is -2.33. The average molecular weight is 464 g/mol. The molecule has 6 heteroatoms. The van der Waals surface area contributed by atoms with Gasteiger partial charge in [-0.05, 0) is 60.0 Å². The van der Waals surface area contributed by atoms with Crippen molar-refractivity contribution in [1.29, 1.82) is 0 Å². The molecule has 3 amide bonds. The van der Waals surface area contributed by atoms with Crippen LogP contribution < -0.4 is 16.0 Å². The smallest absolute Gasteiger partial charge is 0.255 e. The summed E-state index contributed by atoms with van der Waals surface area (Å²) in [7, 11) is 0. The molecule has 174 valence electrons. The first-order valence-electron chi connectivity index (χ1n) is 11.2. The summed E-state index contributed by atoms with van der Waals surface area (Å²) in [5.74, 6) is -0.938. The molecule has 4 aromatic rings. The minimum atomic E-state index is -0.367. The van der Waals surface area contributed by atoms with Crippen molar-refractivity contribution < 1.29 is 14.4 Å². The van der Waals surface area contributed by atoms with Gasteiger partial charge >= 0.3 is 0 Å². The maximum atomic E-state index is 12.5. The molecule has 0 aliphatic heterocycles. The topological polar surface area (TPSA) is 87.3 Å². The Bertz CT molecular complexity index is 1330. The zero-order chi connectivity index (χ0) is 24.6. The molecule has 0 saturated carbocycles. The van der Waals surface area contributed by atoms with Crippen LogP contribution in [0.3, 0.4) is 0 Å². The Morgan fingerprint density at radius 2 is 1.23 bits per heavy atom. The van der Waals surface area contributed by atoms with Gasteiger partial charge in [-0.3, -0.25) is 14.4 Å². The number of rotatable bonds is 7. The summed E-state index contributed by atoms with van der Waals surface area (Å²) >= 11 is 0. The lowest BCUT2D eigenvalue weighted by molar-refractivity contribution is -0.115. The van der Waals surface area contributed by atoms with E-state index in [1.807, 2.05) is 61.5 Å². The normalized spacial score (nSPS) is 10.3. The van der Waals surface area contributed by atoms with Gasteiger partial charge in [0.2, 0.25) is 5.91 Å². The van der Waals surface area contributed by atoms with Crippen LogP contribution in [0.5, 0.6) is 0 Å². The van der Waals surface area contributed by atoms with E-state index >= 15 is 0 Å². The van der Waals surface area contributed by atoms with Gasteiger partial charge in [0.05, 0.1) is 6.54 Å². The van der Waals surface area contributed by atoms with Crippen LogP contribution in [0.2, 0.25) is 0 Å². The minimum Gasteiger partial charge on any atom is -0.343 e. The molecule has 0 heterocycles. The summed E-state index contributed by atoms with van der Waals surface area (Å²) in [6.45, 7) is 1.67. The minimum absolute atomic E-state index is 0.181. The summed E-state index contributed by atoms with van der Waals surface area (Å²) in [5.41, 5.74) is 5.03. The zero-order valence-corrected chi connectivity index (χ0v) is 19.2. The van der Waals surface area contributed by atoms with Gasteiger partial charge in [-0.15, -0.1) is 0 Å². The Kier molecular flexibility index (Phi) is 7.33. The number of hydrogen-bond donors (Lipinski definition) is 3. The second-order valence-electron chi connectivity index (χ2n) is 8.02. The molecule has 0 atom stereocenters. The van der Waals surface area contributed by atoms with E-state index in [0.717, 1.165) is 16.7 Å². The second-order valence-corrected chi connectivity index (χ2v) is 8.02. The highest BCUT2D eigenvalue weighted by Crippen LogP contribution is 2.21. The fourth-order valence-corrected chi connectivity index (χ4v) is 3.53. The molecule has 0 aliphatic rings. The molecule has 0 aliphatic carbocycles. The lowest BCUT2D eigenvalue weighted by Gasteiger charge is -2.12. The molecular weight excluding hydrogens is 438 g/mol. The number of hydrogen-bond acceptors (Lipinski definition) is 3. The molecule has 0 saturated heterocycles. The second kappa shape index (κ2) is 10.9. The summed E-state index contributed by atoms with van der Waals surface area (Å²) < 4.78 is 0. The Balaban J connectivity index is 1.33. The van der Waals surface area contributed by atoms with Crippen molar-refractivity contribution in [1.82, 2.24) is 5.32 Å². The van der Waals surface area contributed by atoms with Gasteiger partial charge in [0.15, 0.2) is 0 Å². The summed E-state index contributed by atoms with van der Waals surface area (Å²) in [6.07, 6.45) is 0. The SMILES string of the molecule is Cc1ccc(NC(=O)c2ccccc2)cc1NC(=O)CNC(=O)c1ccc(-c2ccccc2)cc1. The number of anilines is 2. The molecule has 4 rings (SSSR count). The van der Waals surface area contributed by atoms with E-state index in [1.165, 1.54) is 0 Å². The van der Waals surface area contributed by atoms with Gasteiger partial charge in [-0.2, -0.15) is 0 Å². The van der Waals surface area contributed by atoms with Gasteiger partial charge < -0.3 is 16.0 Å². The lowest BCUT2D eigenvalue weighted by atomic mass is 10.0. The molecule has 0 radical (unpaired) electrons. The Hall–Kier alpha value is -4.71. The van der Waals surface area contributed by atoms with E-state index in [0.29, 0.717) is 22.5 Å². The molecule has 4 aromatic carbocycles. The van der Waals surface area contributed by atoms with Crippen LogP contribution in [0.4, 0.5) is 11.4 Å². The highest BCUT2D eigenvalue weighted by atomic mass is 16.2. The average Bonchev–Trinajstić information content (AvgIpc) is 2.90. The van der Waals surface area contributed by atoms with Crippen LogP contribution in [0.15, 0.2) is 103 Å². The fraction of sp³-hybridized carbons (Fsp3) is 0.0690. The zero-order valence-electron chi connectivity index (χ0n) is 19.2. The summed E-state index contributed by atoms with van der Waals surface area (Å²) in [4.78, 5) is 37.4. The van der Waals surface area contributed by atoms with E-state index < -0.39 is 0 Å². The molecule has 0 unspecified atom stereocenters. The van der Waals surface area contributed by atoms with Crippen molar-refractivity contribution in [3.05, 3.63) is 120 Å². The number of carbonyl (C=O) groups is 3. The van der Waals surface area contributed by atoms with Gasteiger partial charge in [0, 0.05) is 22.5 Å². The maximum Gasteiger partial charge on any atom is 0.255 e. The van der Waals surface area contributed by atoms with Crippen LogP contribution in [0, 0.1) is 6.92 Å². The first kappa shape index (κ1) is 23.4. The van der Waals surface area contributed by atoms with Crippen molar-refractivity contribution >= 4 is 29.1 Å². The first-order valence-corrected chi connectivity index (χ1v) is 11.2. The summed E-state index contributed by atoms with van der Waals surface area (Å²) in [6, 6.07) is 31.3. The van der Waals surface area contributed by atoms with Crippen LogP contribution >= 0.6 is 0 Å². The van der Waals surface area contributed by atoms with Gasteiger partial charge in [-0.25, -0.2) is 0 Å². The number of amides is 3. The Morgan fingerprint density at radius 1 is 0.629 bits per heavy atom. The van der Waals surface area contributed by atoms with Crippen molar-refractivity contribution in [2.24, 2.45) is 0 Å². The number of aryl methyl sites for hydroxylation is 1. The monoisotopic (exact) mass is 463 g/mol. The van der Waals surface area contributed by atoms with E-state index in [9.17, 15) is 14.4 Å². The number of carbonyl (C=O) groups excluding carboxylic acids is 3. The van der Waals surface area contributed by atoms with Crippen LogP contribution in [-0.2, 0) is 4.79 Å². The van der Waals surface area contributed by atoms with E-state index in [4.69, 9.17) is 0 Å². The predicted octanol–water partition coefficient (Wildman–Crippen LogP) is 5.28. The Labute approximate surface area is 204 Å². The third kappa shape index (κ3) is 6.21. The fourth-order valence-electron chi connectivity index (χ4n) is 3.53. The van der Waals surface area contributed by atoms with Crippen LogP contribution in [0.1, 0.15) is 26.3 Å². The molecular formula is C29H25N3O3. The molecule has 0 fully saturated rings. The Morgan fingerprint density at radius 3 is 1.91 bits per heavy atom. The molecule has 3 N–H and O–H groups in total. The largest absolute Gasteiger partial charge is 0.343 e.